The van der Waals surface area contributed by atoms with E-state index in [0.717, 1.165) is 19.3 Å². The first-order valence-corrected chi connectivity index (χ1v) is 10.7. The van der Waals surface area contributed by atoms with E-state index < -0.39 is 14.1 Å². The lowest BCUT2D eigenvalue weighted by atomic mass is 10.0. The van der Waals surface area contributed by atoms with Gasteiger partial charge in [0.05, 0.1) is 30.0 Å². The molecule has 0 saturated heterocycles. The molecule has 0 radical (unpaired) electrons. The number of ketones is 1. The van der Waals surface area contributed by atoms with E-state index in [0.29, 0.717) is 10.9 Å². The minimum atomic E-state index is -1.56. The van der Waals surface area contributed by atoms with Gasteiger partial charge in [0.15, 0.2) is 5.78 Å². The minimum absolute atomic E-state index is 0.202. The van der Waals surface area contributed by atoms with E-state index in [9.17, 15) is 14.8 Å². The average molecular weight is 363 g/mol. The summed E-state index contributed by atoms with van der Waals surface area (Å²) in [5.74, 6) is -0.202. The van der Waals surface area contributed by atoms with Crippen molar-refractivity contribution in [1.82, 2.24) is 0 Å². The van der Waals surface area contributed by atoms with Gasteiger partial charge in [-0.15, -0.1) is 0 Å². The summed E-state index contributed by atoms with van der Waals surface area (Å²) in [6.07, 6.45) is 14.0. The lowest BCUT2D eigenvalue weighted by Crippen LogP contribution is -2.51. The monoisotopic (exact) mass is 362 g/mol. The number of carbonyl (C=O) groups excluding carboxylic acids is 1. The van der Waals surface area contributed by atoms with Gasteiger partial charge >= 0.3 is 0 Å². The largest absolute Gasteiger partial charge is 0.373 e. The summed E-state index contributed by atoms with van der Waals surface area (Å²) in [6.45, 7) is 2.51. The third-order valence-electron chi connectivity index (χ3n) is 4.36. The van der Waals surface area contributed by atoms with E-state index in [1.165, 1.54) is 51.4 Å². The van der Waals surface area contributed by atoms with Crippen LogP contribution in [0.25, 0.3) is 0 Å². The molecule has 0 aliphatic rings. The smallest absolute Gasteiger partial charge is 0.212 e. The number of quaternary nitrogens is 1. The second-order valence-electron chi connectivity index (χ2n) is 8.13. The van der Waals surface area contributed by atoms with Gasteiger partial charge in [-0.2, -0.15) is 0 Å². The van der Waals surface area contributed by atoms with Crippen molar-refractivity contribution < 1.29 is 19.3 Å². The Kier molecular flexibility index (Phi) is 13.2. The van der Waals surface area contributed by atoms with Crippen LogP contribution >= 0.6 is 8.81 Å². The maximum absolute atomic E-state index is 12.2. The molecule has 2 atom stereocenters. The lowest BCUT2D eigenvalue weighted by molar-refractivity contribution is -0.873. The maximum atomic E-state index is 12.2. The summed E-state index contributed by atoms with van der Waals surface area (Å²) in [5, 5.41) is 8.82. The second-order valence-corrected chi connectivity index (χ2v) is 9.18. The van der Waals surface area contributed by atoms with Gasteiger partial charge in [0.2, 0.25) is 5.34 Å². The second kappa shape index (κ2) is 13.2. The number of hydrogen-bond donors (Lipinski definition) is 2. The average Bonchev–Trinajstić information content (AvgIpc) is 2.50. The van der Waals surface area contributed by atoms with Crippen LogP contribution in [-0.4, -0.2) is 53.3 Å². The molecule has 0 bridgehead atoms. The van der Waals surface area contributed by atoms with Crippen molar-refractivity contribution in [3.63, 3.8) is 0 Å². The summed E-state index contributed by atoms with van der Waals surface area (Å²) >= 11 is 0. The van der Waals surface area contributed by atoms with Gasteiger partial charge in [0.1, 0.15) is 6.54 Å². The van der Waals surface area contributed by atoms with Crippen molar-refractivity contribution in [2.24, 2.45) is 0 Å². The van der Waals surface area contributed by atoms with Crippen molar-refractivity contribution >= 4 is 14.6 Å². The van der Waals surface area contributed by atoms with Crippen molar-refractivity contribution in [2.75, 3.05) is 27.7 Å². The highest BCUT2D eigenvalue weighted by Gasteiger charge is 2.40. The summed E-state index contributed by atoms with van der Waals surface area (Å²) in [4.78, 5) is 21.7. The standard InChI is InChI=1S/C19H41NO3P/c1-5-6-7-8-9-10-11-12-13-14-15-16-18(21)19(22,24-23)17-20(2,3)4/h22-24H,5-17H2,1-4H3/q+1. The topological polar surface area (TPSA) is 57.5 Å². The van der Waals surface area contributed by atoms with E-state index in [2.05, 4.69) is 6.92 Å². The Balaban J connectivity index is 3.71. The fourth-order valence-corrected chi connectivity index (χ4v) is 3.82. The van der Waals surface area contributed by atoms with Crippen LogP contribution in [0.5, 0.6) is 0 Å². The molecular formula is C19H41NO3P+. The normalized spacial score (nSPS) is 15.1. The summed E-state index contributed by atoms with van der Waals surface area (Å²) in [5.41, 5.74) is 0. The Labute approximate surface area is 151 Å². The maximum Gasteiger partial charge on any atom is 0.212 e. The Morgan fingerprint density at radius 1 is 0.875 bits per heavy atom. The third kappa shape index (κ3) is 12.4. The zero-order valence-corrected chi connectivity index (χ0v) is 17.4. The van der Waals surface area contributed by atoms with Gasteiger partial charge in [0.25, 0.3) is 0 Å². The fraction of sp³-hybridized carbons (Fsp3) is 0.947. The molecule has 0 aliphatic heterocycles. The number of Topliss-reactive ketones (excluding diaryl/α,β-unsaturated/α-hetero) is 1. The molecule has 0 fully saturated rings. The molecule has 0 aromatic carbocycles. The zero-order valence-electron chi connectivity index (χ0n) is 16.4. The van der Waals surface area contributed by atoms with Gasteiger partial charge < -0.3 is 14.5 Å². The number of rotatable bonds is 16. The fourth-order valence-electron chi connectivity index (χ4n) is 3.03. The minimum Gasteiger partial charge on any atom is -0.373 e. The van der Waals surface area contributed by atoms with Crippen LogP contribution in [-0.2, 0) is 4.79 Å². The lowest BCUT2D eigenvalue weighted by Gasteiger charge is -2.33. The molecule has 0 rings (SSSR count). The van der Waals surface area contributed by atoms with Crippen molar-refractivity contribution in [2.45, 2.75) is 89.3 Å². The highest BCUT2D eigenvalue weighted by Crippen LogP contribution is 2.30. The molecule has 4 nitrogen and oxygen atoms in total. The number of unbranched alkanes of at least 4 members (excludes halogenated alkanes) is 10. The molecule has 0 saturated carbocycles. The summed E-state index contributed by atoms with van der Waals surface area (Å²) in [7, 11) is 5.01. The predicted octanol–water partition coefficient (Wildman–Crippen LogP) is 4.24. The number of hydrogen-bond acceptors (Lipinski definition) is 3. The molecule has 144 valence electrons. The molecule has 0 aliphatic carbocycles. The van der Waals surface area contributed by atoms with Crippen molar-refractivity contribution in [3.05, 3.63) is 0 Å². The molecule has 2 unspecified atom stereocenters. The van der Waals surface area contributed by atoms with Gasteiger partial charge in [-0.1, -0.05) is 71.1 Å². The van der Waals surface area contributed by atoms with Crippen LogP contribution in [0.3, 0.4) is 0 Å². The number of aliphatic hydroxyl groups is 1. The molecule has 0 heterocycles. The highest BCUT2D eigenvalue weighted by atomic mass is 31.1. The first kappa shape index (κ1) is 24.0. The highest BCUT2D eigenvalue weighted by molar-refractivity contribution is 7.34. The summed E-state index contributed by atoms with van der Waals surface area (Å²) < 4.78 is 0.466. The van der Waals surface area contributed by atoms with E-state index in [-0.39, 0.29) is 12.3 Å². The molecule has 2 N–H and O–H groups in total. The first-order chi connectivity index (χ1) is 11.2. The van der Waals surface area contributed by atoms with E-state index >= 15 is 0 Å². The quantitative estimate of drug-likeness (QED) is 0.245. The van der Waals surface area contributed by atoms with Crippen LogP contribution in [0.2, 0.25) is 0 Å². The van der Waals surface area contributed by atoms with Gasteiger partial charge in [-0.25, -0.2) is 0 Å². The van der Waals surface area contributed by atoms with Gasteiger partial charge in [0, 0.05) is 6.42 Å². The Hall–Kier alpha value is -0.0200. The predicted molar refractivity (Wildman–Crippen MR) is 104 cm³/mol. The molecule has 0 aromatic rings. The molecular weight excluding hydrogens is 321 g/mol. The van der Waals surface area contributed by atoms with Crippen LogP contribution in [0.4, 0.5) is 0 Å². The zero-order chi connectivity index (χ0) is 18.5. The van der Waals surface area contributed by atoms with Crippen LogP contribution in [0.1, 0.15) is 84.0 Å². The molecule has 5 heteroatoms. The molecule has 0 aromatic heterocycles. The van der Waals surface area contributed by atoms with Crippen LogP contribution in [0.15, 0.2) is 0 Å². The van der Waals surface area contributed by atoms with E-state index in [1.807, 2.05) is 21.1 Å². The number of carbonyl (C=O) groups is 1. The van der Waals surface area contributed by atoms with Crippen molar-refractivity contribution in [3.8, 4) is 0 Å². The number of nitrogens with zero attached hydrogens (tertiary/aromatic N) is 1. The van der Waals surface area contributed by atoms with Crippen LogP contribution in [0, 0.1) is 0 Å². The number of likely N-dealkylation sites (N-methyl/N-ethyl adjacent to an activating group) is 1. The Bertz CT molecular complexity index is 331. The van der Waals surface area contributed by atoms with Gasteiger partial charge in [-0.05, 0) is 6.42 Å². The summed E-state index contributed by atoms with van der Waals surface area (Å²) in [6, 6.07) is 0. The third-order valence-corrected chi connectivity index (χ3v) is 5.16. The molecule has 24 heavy (non-hydrogen) atoms. The molecule has 0 spiro atoms. The van der Waals surface area contributed by atoms with E-state index in [4.69, 9.17) is 0 Å². The van der Waals surface area contributed by atoms with Gasteiger partial charge in [-0.3, -0.25) is 4.79 Å². The molecule has 0 amide bonds. The van der Waals surface area contributed by atoms with E-state index in [1.54, 1.807) is 0 Å². The SMILES string of the molecule is CCCCCCCCCCCCCC(=O)C(O)(C[N+](C)(C)C)PO. The first-order valence-electron chi connectivity index (χ1n) is 9.72. The Morgan fingerprint density at radius 2 is 1.29 bits per heavy atom. The van der Waals surface area contributed by atoms with Crippen LogP contribution < -0.4 is 0 Å². The van der Waals surface area contributed by atoms with Crippen molar-refractivity contribution in [1.29, 1.82) is 0 Å². The Morgan fingerprint density at radius 3 is 1.67 bits per heavy atom.